The number of halogens is 3. The Hall–Kier alpha value is -0.280. The molecule has 0 spiro atoms. The zero-order chi connectivity index (χ0) is 16.9. The lowest BCUT2D eigenvalue weighted by Gasteiger charge is -2.18. The van der Waals surface area contributed by atoms with Crippen molar-refractivity contribution in [3.8, 4) is 0 Å². The molecule has 0 unspecified atom stereocenters. The lowest BCUT2D eigenvalue weighted by Crippen LogP contribution is -2.32. The fourth-order valence-electron chi connectivity index (χ4n) is 1.44. The number of carbonyl (C=O) groups excluding carboxylic acids is 1. The van der Waals surface area contributed by atoms with Crippen LogP contribution in [0.25, 0.3) is 0 Å². The first-order chi connectivity index (χ1) is 9.25. The number of ketones is 1. The van der Waals surface area contributed by atoms with E-state index in [9.17, 15) is 18.0 Å². The van der Waals surface area contributed by atoms with Crippen LogP contribution in [-0.2, 0) is 25.8 Å². The minimum Gasteiger partial charge on any atom is -0.741 e. The molecule has 0 N–H and O–H groups in total. The number of rotatable bonds is 2. The number of alkyl halides is 3. The summed E-state index contributed by atoms with van der Waals surface area (Å²) in [6, 6.07) is 0. The van der Waals surface area contributed by atoms with Crippen molar-refractivity contribution in [3.63, 3.8) is 0 Å². The van der Waals surface area contributed by atoms with Crippen molar-refractivity contribution in [1.82, 2.24) is 0 Å². The standard InChI is InChI=1S/C11H21OS.CHF3O3S/c1-11(2,3)10(12)9-13-7-5-4-6-8-13;2-1(3,4)8(5,6)7/h4-9H2,1-3H3;(H,5,6,7)/q+1;/p-1. The van der Waals surface area contributed by atoms with Gasteiger partial charge in [0.2, 0.25) is 0 Å². The summed E-state index contributed by atoms with van der Waals surface area (Å²) in [5.41, 5.74) is -5.77. The minimum atomic E-state index is -6.09. The van der Waals surface area contributed by atoms with Crippen molar-refractivity contribution in [2.45, 2.75) is 45.5 Å². The predicted octanol–water partition coefficient (Wildman–Crippen LogP) is 2.46. The van der Waals surface area contributed by atoms with Crippen LogP contribution < -0.4 is 0 Å². The van der Waals surface area contributed by atoms with E-state index in [2.05, 4.69) is 0 Å². The van der Waals surface area contributed by atoms with Crippen LogP contribution in [0.3, 0.4) is 0 Å². The molecule has 126 valence electrons. The molecule has 0 amide bonds. The molecular weight excluding hydrogens is 329 g/mol. The highest BCUT2D eigenvalue weighted by atomic mass is 32.2. The molecular formula is C12H21F3O4S2. The summed E-state index contributed by atoms with van der Waals surface area (Å²) in [5.74, 6) is 3.92. The number of hydrogen-bond donors (Lipinski definition) is 0. The van der Waals surface area contributed by atoms with Crippen molar-refractivity contribution in [1.29, 1.82) is 0 Å². The molecule has 1 fully saturated rings. The Morgan fingerprint density at radius 1 is 1.10 bits per heavy atom. The SMILES string of the molecule is CC(C)(C)C(=O)C[S+]1CCCCC1.O=S(=O)([O-])C(F)(F)F. The van der Waals surface area contributed by atoms with E-state index in [1.54, 1.807) is 0 Å². The second-order valence-electron chi connectivity index (χ2n) is 5.80. The predicted molar refractivity (Wildman–Crippen MR) is 76.0 cm³/mol. The first-order valence-corrected chi connectivity index (χ1v) is 9.59. The Morgan fingerprint density at radius 3 is 1.76 bits per heavy atom. The molecule has 1 saturated heterocycles. The normalized spacial score (nSPS) is 17.9. The highest BCUT2D eigenvalue weighted by Crippen LogP contribution is 2.21. The summed E-state index contributed by atoms with van der Waals surface area (Å²) < 4.78 is 58.9. The van der Waals surface area contributed by atoms with Gasteiger partial charge in [0.05, 0.1) is 0 Å². The summed E-state index contributed by atoms with van der Waals surface area (Å²) >= 11 is 0. The van der Waals surface area contributed by atoms with Crippen LogP contribution in [-0.4, -0.2) is 41.5 Å². The van der Waals surface area contributed by atoms with Crippen LogP contribution in [0, 0.1) is 5.41 Å². The van der Waals surface area contributed by atoms with Gasteiger partial charge in [0, 0.05) is 5.41 Å². The van der Waals surface area contributed by atoms with E-state index in [0.717, 1.165) is 5.75 Å². The number of Topliss-reactive ketones (excluding diaryl/α,β-unsaturated/α-hetero) is 1. The molecule has 4 nitrogen and oxygen atoms in total. The van der Waals surface area contributed by atoms with Crippen LogP contribution in [0.2, 0.25) is 0 Å². The monoisotopic (exact) mass is 350 g/mol. The molecule has 0 radical (unpaired) electrons. The second-order valence-corrected chi connectivity index (χ2v) is 9.50. The molecule has 21 heavy (non-hydrogen) atoms. The zero-order valence-corrected chi connectivity index (χ0v) is 14.0. The summed E-state index contributed by atoms with van der Waals surface area (Å²) in [4.78, 5) is 11.7. The molecule has 1 aliphatic heterocycles. The van der Waals surface area contributed by atoms with Gasteiger partial charge in [-0.15, -0.1) is 0 Å². The van der Waals surface area contributed by atoms with Gasteiger partial charge in [-0.1, -0.05) is 20.8 Å². The van der Waals surface area contributed by atoms with Crippen LogP contribution in [0.4, 0.5) is 13.2 Å². The van der Waals surface area contributed by atoms with E-state index in [1.165, 1.54) is 30.8 Å². The van der Waals surface area contributed by atoms with Gasteiger partial charge in [-0.05, 0) is 30.2 Å². The lowest BCUT2D eigenvalue weighted by atomic mass is 9.92. The Morgan fingerprint density at radius 2 is 1.48 bits per heavy atom. The highest BCUT2D eigenvalue weighted by molar-refractivity contribution is 7.97. The lowest BCUT2D eigenvalue weighted by molar-refractivity contribution is -0.123. The maximum Gasteiger partial charge on any atom is 0.485 e. The first-order valence-electron chi connectivity index (χ1n) is 6.44. The summed E-state index contributed by atoms with van der Waals surface area (Å²) in [5, 5.41) is 0. The molecule has 0 saturated carbocycles. The van der Waals surface area contributed by atoms with Crippen LogP contribution in [0.5, 0.6) is 0 Å². The Kier molecular flexibility index (Phi) is 7.72. The Bertz CT molecular complexity index is 432. The Balaban J connectivity index is 0.000000433. The maximum atomic E-state index is 11.7. The topological polar surface area (TPSA) is 74.3 Å². The van der Waals surface area contributed by atoms with Gasteiger partial charge >= 0.3 is 5.51 Å². The van der Waals surface area contributed by atoms with E-state index in [1.807, 2.05) is 20.8 Å². The molecule has 0 aromatic rings. The summed E-state index contributed by atoms with van der Waals surface area (Å²) in [6.45, 7) is 6.09. The van der Waals surface area contributed by atoms with Crippen molar-refractivity contribution in [3.05, 3.63) is 0 Å². The number of hydrogen-bond acceptors (Lipinski definition) is 4. The van der Waals surface area contributed by atoms with Gasteiger partial charge in [-0.25, -0.2) is 8.42 Å². The molecule has 0 aromatic carbocycles. The van der Waals surface area contributed by atoms with Crippen molar-refractivity contribution < 1.29 is 30.9 Å². The molecule has 0 bridgehead atoms. The molecule has 1 heterocycles. The van der Waals surface area contributed by atoms with E-state index in [0.29, 0.717) is 16.7 Å². The summed E-state index contributed by atoms with van der Waals surface area (Å²) in [7, 11) is -5.66. The minimum absolute atomic E-state index is 0.121. The maximum absolute atomic E-state index is 11.7. The zero-order valence-electron chi connectivity index (χ0n) is 12.3. The van der Waals surface area contributed by atoms with Crippen LogP contribution >= 0.6 is 0 Å². The van der Waals surface area contributed by atoms with Gasteiger partial charge in [-0.3, -0.25) is 4.79 Å². The van der Waals surface area contributed by atoms with Crippen molar-refractivity contribution in [2.24, 2.45) is 5.41 Å². The Labute approximate surface area is 126 Å². The molecule has 1 aliphatic rings. The van der Waals surface area contributed by atoms with E-state index < -0.39 is 15.6 Å². The fraction of sp³-hybridized carbons (Fsp3) is 0.917. The molecule has 9 heteroatoms. The molecule has 0 atom stereocenters. The third-order valence-corrected chi connectivity index (χ3v) is 5.79. The smallest absolute Gasteiger partial charge is 0.485 e. The average molecular weight is 350 g/mol. The molecule has 0 aliphatic carbocycles. The van der Waals surface area contributed by atoms with Gasteiger partial charge in [-0.2, -0.15) is 13.2 Å². The fourth-order valence-corrected chi connectivity index (χ4v) is 3.96. The average Bonchev–Trinajstić information content (AvgIpc) is 2.27. The van der Waals surface area contributed by atoms with Gasteiger partial charge in [0.15, 0.2) is 21.7 Å². The molecule has 1 rings (SSSR count). The van der Waals surface area contributed by atoms with Gasteiger partial charge in [0.1, 0.15) is 11.5 Å². The van der Waals surface area contributed by atoms with E-state index in [4.69, 9.17) is 13.0 Å². The van der Waals surface area contributed by atoms with Crippen molar-refractivity contribution >= 4 is 26.8 Å². The summed E-state index contributed by atoms with van der Waals surface area (Å²) in [6.07, 6.45) is 4.08. The van der Waals surface area contributed by atoms with Crippen molar-refractivity contribution in [2.75, 3.05) is 17.3 Å². The van der Waals surface area contributed by atoms with E-state index in [-0.39, 0.29) is 5.41 Å². The second kappa shape index (κ2) is 7.82. The third-order valence-electron chi connectivity index (χ3n) is 2.82. The third kappa shape index (κ3) is 8.67. The van der Waals surface area contributed by atoms with Crippen LogP contribution in [0.15, 0.2) is 0 Å². The molecule has 0 aromatic heterocycles. The first kappa shape index (κ1) is 20.7. The number of carbonyl (C=O) groups is 1. The highest BCUT2D eigenvalue weighted by Gasteiger charge is 2.37. The van der Waals surface area contributed by atoms with Gasteiger partial charge in [0.25, 0.3) is 0 Å². The largest absolute Gasteiger partial charge is 0.741 e. The van der Waals surface area contributed by atoms with Gasteiger partial charge < -0.3 is 4.55 Å². The quantitative estimate of drug-likeness (QED) is 0.436. The van der Waals surface area contributed by atoms with E-state index >= 15 is 0 Å². The van der Waals surface area contributed by atoms with Crippen LogP contribution in [0.1, 0.15) is 40.0 Å².